The molecular weight excluding hydrogens is 609 g/mol. The summed E-state index contributed by atoms with van der Waals surface area (Å²) in [5.41, 5.74) is 8.66. The van der Waals surface area contributed by atoms with Crippen LogP contribution in [0.2, 0.25) is 0 Å². The number of pyridine rings is 1. The lowest BCUT2D eigenvalue weighted by molar-refractivity contribution is -0.192. The summed E-state index contributed by atoms with van der Waals surface area (Å²) in [6.45, 7) is 5.24. The number of halogens is 3. The number of likely N-dealkylation sites (tertiary alicyclic amines) is 1. The highest BCUT2D eigenvalue weighted by molar-refractivity contribution is 5.83. The average Bonchev–Trinajstić information content (AvgIpc) is 3.74. The lowest BCUT2D eigenvalue weighted by Crippen LogP contribution is -2.34. The van der Waals surface area contributed by atoms with Gasteiger partial charge in [0.15, 0.2) is 0 Å². The molecular formula is C34H31F3N8O2. The molecule has 7 rings (SSSR count). The van der Waals surface area contributed by atoms with Crippen molar-refractivity contribution in [3.05, 3.63) is 103 Å². The van der Waals surface area contributed by atoms with Crippen LogP contribution in [0.15, 0.2) is 91.1 Å². The first kappa shape index (κ1) is 31.5. The largest absolute Gasteiger partial charge is 0.490 e. The number of carbonyl (C=O) groups is 1. The van der Waals surface area contributed by atoms with Crippen LogP contribution in [0.25, 0.3) is 44.8 Å². The first-order chi connectivity index (χ1) is 22.7. The number of aromatic nitrogens is 7. The van der Waals surface area contributed by atoms with Gasteiger partial charge in [-0.25, -0.2) is 9.78 Å². The third-order valence-electron chi connectivity index (χ3n) is 8.15. The Morgan fingerprint density at radius 1 is 0.936 bits per heavy atom. The number of aryl methyl sites for hydroxylation is 1. The fraction of sp³-hybridized carbons (Fsp3) is 0.235. The van der Waals surface area contributed by atoms with Crippen molar-refractivity contribution in [3.63, 3.8) is 0 Å². The van der Waals surface area contributed by atoms with Crippen LogP contribution in [0.1, 0.15) is 30.3 Å². The first-order valence-corrected chi connectivity index (χ1v) is 15.0. The third kappa shape index (κ3) is 7.20. The summed E-state index contributed by atoms with van der Waals surface area (Å²) in [7, 11) is 0. The standard InChI is InChI=1S/C32H30N8.C2HF3O2/c1-22-34-29-9-5-6-10-30(29)40(22)27-15-17-39(18-16-27)21-23-11-13-25(14-12-23)31-28(24-7-3-2-4-8-24)19-26(20-33-31)32-35-37-38-36-32;3-2(4,5)1(6)7/h2-14,19-20,27H,15-18,21H2,1H3,(H,35,36,37,38);(H,6,7). The number of imidazole rings is 1. The molecule has 0 amide bonds. The van der Waals surface area contributed by atoms with Gasteiger partial charge in [-0.05, 0) is 54.3 Å². The Morgan fingerprint density at radius 3 is 2.28 bits per heavy atom. The summed E-state index contributed by atoms with van der Waals surface area (Å²) in [6.07, 6.45) is -0.997. The fourth-order valence-corrected chi connectivity index (χ4v) is 5.93. The molecule has 0 radical (unpaired) electrons. The molecule has 13 heteroatoms. The summed E-state index contributed by atoms with van der Waals surface area (Å²) in [5, 5.41) is 21.6. The highest BCUT2D eigenvalue weighted by atomic mass is 19.4. The minimum atomic E-state index is -5.08. The number of hydrogen-bond acceptors (Lipinski definition) is 7. The van der Waals surface area contributed by atoms with E-state index in [9.17, 15) is 13.2 Å². The van der Waals surface area contributed by atoms with Crippen molar-refractivity contribution < 1.29 is 23.1 Å². The number of hydrogen-bond donors (Lipinski definition) is 2. The number of rotatable bonds is 6. The minimum absolute atomic E-state index is 0.504. The predicted octanol–water partition coefficient (Wildman–Crippen LogP) is 6.72. The molecule has 0 atom stereocenters. The van der Waals surface area contributed by atoms with Crippen LogP contribution in [-0.2, 0) is 11.3 Å². The van der Waals surface area contributed by atoms with E-state index in [0.717, 1.165) is 71.8 Å². The molecule has 1 aliphatic rings. The number of aromatic amines is 1. The second kappa shape index (κ2) is 13.5. The van der Waals surface area contributed by atoms with Crippen molar-refractivity contribution >= 4 is 17.0 Å². The number of tetrazole rings is 1. The van der Waals surface area contributed by atoms with E-state index in [2.05, 4.69) is 104 Å². The fourth-order valence-electron chi connectivity index (χ4n) is 5.93. The summed E-state index contributed by atoms with van der Waals surface area (Å²) in [6, 6.07) is 30.2. The topological polar surface area (TPSA) is 126 Å². The number of carboxylic acids is 1. The summed E-state index contributed by atoms with van der Waals surface area (Å²) < 4.78 is 34.2. The minimum Gasteiger partial charge on any atom is -0.475 e. The maximum atomic E-state index is 10.6. The molecule has 0 unspecified atom stereocenters. The number of para-hydroxylation sites is 2. The maximum Gasteiger partial charge on any atom is 0.490 e. The van der Waals surface area contributed by atoms with Crippen molar-refractivity contribution in [2.45, 2.75) is 38.5 Å². The van der Waals surface area contributed by atoms with Gasteiger partial charge >= 0.3 is 12.1 Å². The number of nitrogens with one attached hydrogen (secondary N) is 1. The molecule has 0 saturated carbocycles. The van der Waals surface area contributed by atoms with Crippen LogP contribution in [0.5, 0.6) is 0 Å². The number of piperidine rings is 1. The molecule has 3 aromatic heterocycles. The summed E-state index contributed by atoms with van der Waals surface area (Å²) in [4.78, 5) is 21.1. The molecule has 1 aliphatic heterocycles. The van der Waals surface area contributed by atoms with Gasteiger partial charge in [0.05, 0.1) is 16.7 Å². The molecule has 0 aliphatic carbocycles. The van der Waals surface area contributed by atoms with E-state index < -0.39 is 12.1 Å². The van der Waals surface area contributed by atoms with Crippen LogP contribution < -0.4 is 0 Å². The number of fused-ring (bicyclic) bond motifs is 1. The second-order valence-corrected chi connectivity index (χ2v) is 11.2. The predicted molar refractivity (Wildman–Crippen MR) is 170 cm³/mol. The van der Waals surface area contributed by atoms with Gasteiger partial charge in [0.1, 0.15) is 5.82 Å². The molecule has 0 spiro atoms. The normalized spacial score (nSPS) is 14.1. The lowest BCUT2D eigenvalue weighted by atomic mass is 9.97. The number of benzene rings is 3. The molecule has 47 heavy (non-hydrogen) atoms. The van der Waals surface area contributed by atoms with E-state index in [1.807, 2.05) is 24.4 Å². The van der Waals surface area contributed by atoms with E-state index in [4.69, 9.17) is 19.9 Å². The van der Waals surface area contributed by atoms with Gasteiger partial charge in [-0.2, -0.15) is 18.4 Å². The number of alkyl halides is 3. The number of H-pyrrole nitrogens is 1. The highest BCUT2D eigenvalue weighted by Gasteiger charge is 2.38. The molecule has 6 aromatic rings. The van der Waals surface area contributed by atoms with Crippen molar-refractivity contribution in [1.82, 2.24) is 40.1 Å². The smallest absolute Gasteiger partial charge is 0.475 e. The van der Waals surface area contributed by atoms with E-state index >= 15 is 0 Å². The SMILES string of the molecule is Cc1nc2ccccc2n1C1CCN(Cc2ccc(-c3ncc(-c4nn[nH]n4)cc3-c3ccccc3)cc2)CC1.O=C(O)C(F)(F)F. The second-order valence-electron chi connectivity index (χ2n) is 11.2. The zero-order valence-electron chi connectivity index (χ0n) is 25.4. The van der Waals surface area contributed by atoms with Gasteiger partial charge in [0.2, 0.25) is 5.82 Å². The number of carboxylic acid groups (broad SMARTS) is 1. The van der Waals surface area contributed by atoms with Gasteiger partial charge < -0.3 is 9.67 Å². The third-order valence-corrected chi connectivity index (χ3v) is 8.15. The summed E-state index contributed by atoms with van der Waals surface area (Å²) >= 11 is 0. The Labute approximate surface area is 267 Å². The zero-order chi connectivity index (χ0) is 33.0. The van der Waals surface area contributed by atoms with E-state index in [1.165, 1.54) is 11.1 Å². The van der Waals surface area contributed by atoms with Crippen molar-refractivity contribution in [3.8, 4) is 33.8 Å². The molecule has 1 fully saturated rings. The quantitative estimate of drug-likeness (QED) is 0.206. The Kier molecular flexibility index (Phi) is 9.07. The Balaban J connectivity index is 0.000000499. The Morgan fingerprint density at radius 2 is 1.62 bits per heavy atom. The zero-order valence-corrected chi connectivity index (χ0v) is 25.4. The van der Waals surface area contributed by atoms with Crippen molar-refractivity contribution in [1.29, 1.82) is 0 Å². The molecule has 10 nitrogen and oxygen atoms in total. The van der Waals surface area contributed by atoms with Gasteiger partial charge in [-0.15, -0.1) is 10.2 Å². The molecule has 240 valence electrons. The van der Waals surface area contributed by atoms with Crippen LogP contribution in [0.4, 0.5) is 13.2 Å². The van der Waals surface area contributed by atoms with Crippen LogP contribution in [0, 0.1) is 6.92 Å². The van der Waals surface area contributed by atoms with Gasteiger partial charge in [-0.3, -0.25) is 9.88 Å². The van der Waals surface area contributed by atoms with Crippen LogP contribution in [0.3, 0.4) is 0 Å². The lowest BCUT2D eigenvalue weighted by Gasteiger charge is -2.33. The molecule has 0 bridgehead atoms. The monoisotopic (exact) mass is 640 g/mol. The first-order valence-electron chi connectivity index (χ1n) is 15.0. The summed E-state index contributed by atoms with van der Waals surface area (Å²) in [5.74, 6) is -1.11. The van der Waals surface area contributed by atoms with E-state index in [0.29, 0.717) is 11.9 Å². The van der Waals surface area contributed by atoms with Crippen molar-refractivity contribution in [2.75, 3.05) is 13.1 Å². The van der Waals surface area contributed by atoms with Crippen LogP contribution in [-0.4, -0.2) is 70.4 Å². The Hall–Kier alpha value is -5.43. The van der Waals surface area contributed by atoms with Crippen LogP contribution >= 0.6 is 0 Å². The van der Waals surface area contributed by atoms with Crippen molar-refractivity contribution in [2.24, 2.45) is 0 Å². The molecule has 1 saturated heterocycles. The molecule has 3 aromatic carbocycles. The Bertz CT molecular complexity index is 1950. The van der Waals surface area contributed by atoms with Gasteiger partial charge in [0, 0.05) is 48.6 Å². The number of nitrogens with zero attached hydrogens (tertiary/aromatic N) is 7. The van der Waals surface area contributed by atoms with E-state index in [-0.39, 0.29) is 0 Å². The number of aliphatic carboxylic acids is 1. The van der Waals surface area contributed by atoms with Gasteiger partial charge in [0.25, 0.3) is 0 Å². The van der Waals surface area contributed by atoms with E-state index in [1.54, 1.807) is 0 Å². The average molecular weight is 641 g/mol. The molecule has 4 heterocycles. The maximum absolute atomic E-state index is 10.6. The van der Waals surface area contributed by atoms with Gasteiger partial charge in [-0.1, -0.05) is 66.7 Å². The highest BCUT2D eigenvalue weighted by Crippen LogP contribution is 2.34. The molecule has 2 N–H and O–H groups in total.